The second kappa shape index (κ2) is 7.67. The van der Waals surface area contributed by atoms with Crippen molar-refractivity contribution in [2.45, 2.75) is 12.8 Å². The van der Waals surface area contributed by atoms with E-state index in [0.29, 0.717) is 10.6 Å². The molecule has 0 bridgehead atoms. The smallest absolute Gasteiger partial charge is 0.350 e. The second-order valence-electron chi connectivity index (χ2n) is 5.93. The number of phenols is 1. The Morgan fingerprint density at radius 3 is 2.76 bits per heavy atom. The molecular weight excluding hydrogens is 340 g/mol. The summed E-state index contributed by atoms with van der Waals surface area (Å²) in [5.74, 6) is -0.328. The fourth-order valence-corrected chi connectivity index (χ4v) is 3.73. The van der Waals surface area contributed by atoms with Crippen LogP contribution in [0, 0.1) is 0 Å². The van der Waals surface area contributed by atoms with Crippen molar-refractivity contribution in [3.05, 3.63) is 45.6 Å². The first-order valence-electron chi connectivity index (χ1n) is 8.05. The third-order valence-corrected chi connectivity index (χ3v) is 5.16. The van der Waals surface area contributed by atoms with Gasteiger partial charge in [0.15, 0.2) is 0 Å². The Kier molecular flexibility index (Phi) is 5.35. The van der Waals surface area contributed by atoms with Crippen LogP contribution >= 0.6 is 11.3 Å². The van der Waals surface area contributed by atoms with Gasteiger partial charge in [0.2, 0.25) is 5.91 Å². The zero-order chi connectivity index (χ0) is 17.8. The Labute approximate surface area is 150 Å². The molecule has 0 aliphatic carbocycles. The van der Waals surface area contributed by atoms with Gasteiger partial charge in [0.1, 0.15) is 10.6 Å². The maximum Gasteiger partial charge on any atom is 0.350 e. The molecule has 2 heterocycles. The van der Waals surface area contributed by atoms with Crippen LogP contribution in [0.15, 0.2) is 29.6 Å². The zero-order valence-electron chi connectivity index (χ0n) is 13.9. The molecule has 2 aromatic rings. The molecule has 25 heavy (non-hydrogen) atoms. The normalized spacial score (nSPS) is 14.4. The van der Waals surface area contributed by atoms with E-state index in [-0.39, 0.29) is 18.2 Å². The lowest BCUT2D eigenvalue weighted by Crippen LogP contribution is -2.35. The topological polar surface area (TPSA) is 78.9 Å². The van der Waals surface area contributed by atoms with E-state index in [9.17, 15) is 14.7 Å². The fraction of sp³-hybridized carbons (Fsp3) is 0.333. The molecule has 3 rings (SSSR count). The van der Waals surface area contributed by atoms with Crippen LogP contribution in [-0.4, -0.2) is 48.6 Å². The van der Waals surface area contributed by atoms with Crippen LogP contribution in [0.2, 0.25) is 0 Å². The van der Waals surface area contributed by atoms with Gasteiger partial charge in [0.25, 0.3) is 0 Å². The van der Waals surface area contributed by atoms with E-state index in [4.69, 9.17) is 4.74 Å². The molecule has 1 aliphatic heterocycles. The van der Waals surface area contributed by atoms with Gasteiger partial charge in [-0.25, -0.2) is 4.79 Å². The van der Waals surface area contributed by atoms with Crippen LogP contribution < -0.4 is 5.32 Å². The lowest BCUT2D eigenvalue weighted by Gasteiger charge is -2.19. The Bertz CT molecular complexity index is 787. The quantitative estimate of drug-likeness (QED) is 0.818. The molecule has 0 saturated carbocycles. The summed E-state index contributed by atoms with van der Waals surface area (Å²) >= 11 is 1.24. The lowest BCUT2D eigenvalue weighted by atomic mass is 10.0. The predicted octanol–water partition coefficient (Wildman–Crippen LogP) is 2.28. The number of methoxy groups -OCH3 is 1. The molecule has 0 saturated heterocycles. The molecule has 0 radical (unpaired) electrons. The third-order valence-electron chi connectivity index (χ3n) is 4.26. The van der Waals surface area contributed by atoms with Gasteiger partial charge in [-0.1, -0.05) is 6.07 Å². The highest BCUT2D eigenvalue weighted by atomic mass is 32.1. The Morgan fingerprint density at radius 2 is 2.00 bits per heavy atom. The van der Waals surface area contributed by atoms with E-state index < -0.39 is 5.97 Å². The lowest BCUT2D eigenvalue weighted by molar-refractivity contribution is -0.117. The number of ether oxygens (including phenoxy) is 1. The van der Waals surface area contributed by atoms with Crippen LogP contribution in [0.4, 0.5) is 5.69 Å². The van der Waals surface area contributed by atoms with Gasteiger partial charge in [-0.05, 0) is 47.5 Å². The van der Waals surface area contributed by atoms with Crippen LogP contribution in [0.25, 0.3) is 0 Å². The highest BCUT2D eigenvalue weighted by Crippen LogP contribution is 2.24. The molecule has 6 nitrogen and oxygen atoms in total. The standard InChI is InChI=1S/C18H20N2O4S/c1-24-18(23)17-15(6-9-25-17)19-16(22)11-20-7-4-12-2-3-14(21)10-13(12)5-8-20/h2-3,6,9-10,21H,4-5,7-8,11H2,1H3,(H,19,22). The number of fused-ring (bicyclic) bond motifs is 1. The van der Waals surface area contributed by atoms with E-state index in [2.05, 4.69) is 10.2 Å². The minimum absolute atomic E-state index is 0.155. The molecule has 1 aromatic carbocycles. The fourth-order valence-electron chi connectivity index (χ4n) is 2.97. The largest absolute Gasteiger partial charge is 0.508 e. The summed E-state index contributed by atoms with van der Waals surface area (Å²) in [7, 11) is 1.32. The van der Waals surface area contributed by atoms with Gasteiger partial charge in [0.05, 0.1) is 19.3 Å². The number of rotatable bonds is 4. The summed E-state index contributed by atoms with van der Waals surface area (Å²) in [5, 5.41) is 14.2. The molecule has 1 aliphatic rings. The van der Waals surface area contributed by atoms with Gasteiger partial charge in [-0.3, -0.25) is 9.69 Å². The number of carbonyl (C=O) groups excluding carboxylic acids is 2. The van der Waals surface area contributed by atoms with Gasteiger partial charge in [0, 0.05) is 13.1 Å². The van der Waals surface area contributed by atoms with E-state index in [0.717, 1.165) is 31.5 Å². The average Bonchev–Trinajstić information content (AvgIpc) is 2.96. The first-order chi connectivity index (χ1) is 12.1. The molecule has 7 heteroatoms. The monoisotopic (exact) mass is 360 g/mol. The minimum Gasteiger partial charge on any atom is -0.508 e. The summed E-state index contributed by atoms with van der Waals surface area (Å²) in [6, 6.07) is 7.15. The number of thiophene rings is 1. The first-order valence-corrected chi connectivity index (χ1v) is 8.93. The molecule has 0 atom stereocenters. The number of esters is 1. The molecule has 0 spiro atoms. The summed E-state index contributed by atoms with van der Waals surface area (Å²) in [6.07, 6.45) is 1.64. The minimum atomic E-state index is -0.449. The van der Waals surface area contributed by atoms with Crippen molar-refractivity contribution in [3.8, 4) is 5.75 Å². The van der Waals surface area contributed by atoms with Crippen molar-refractivity contribution in [1.29, 1.82) is 0 Å². The van der Waals surface area contributed by atoms with Crippen LogP contribution in [0.3, 0.4) is 0 Å². The molecule has 2 N–H and O–H groups in total. The van der Waals surface area contributed by atoms with Crippen molar-refractivity contribution in [2.75, 3.05) is 32.1 Å². The number of hydrogen-bond donors (Lipinski definition) is 2. The average molecular weight is 360 g/mol. The predicted molar refractivity (Wildman–Crippen MR) is 96.2 cm³/mol. The SMILES string of the molecule is COC(=O)c1sccc1NC(=O)CN1CCc2ccc(O)cc2CC1. The molecule has 1 amide bonds. The summed E-state index contributed by atoms with van der Waals surface area (Å²) in [4.78, 5) is 26.5. The van der Waals surface area contributed by atoms with E-state index in [1.54, 1.807) is 23.6 Å². The maximum absolute atomic E-state index is 12.3. The zero-order valence-corrected chi connectivity index (χ0v) is 14.8. The summed E-state index contributed by atoms with van der Waals surface area (Å²) < 4.78 is 4.72. The van der Waals surface area contributed by atoms with Crippen molar-refractivity contribution < 1.29 is 19.4 Å². The molecular formula is C18H20N2O4S. The van der Waals surface area contributed by atoms with Crippen molar-refractivity contribution >= 4 is 28.9 Å². The highest BCUT2D eigenvalue weighted by Gasteiger charge is 2.19. The number of nitrogens with one attached hydrogen (secondary N) is 1. The number of phenolic OH excluding ortho intramolecular Hbond substituents is 1. The Balaban J connectivity index is 1.59. The highest BCUT2D eigenvalue weighted by molar-refractivity contribution is 7.12. The second-order valence-corrected chi connectivity index (χ2v) is 6.85. The molecule has 0 fully saturated rings. The van der Waals surface area contributed by atoms with Gasteiger partial charge >= 0.3 is 5.97 Å². The first kappa shape index (κ1) is 17.4. The van der Waals surface area contributed by atoms with Crippen molar-refractivity contribution in [1.82, 2.24) is 4.90 Å². The van der Waals surface area contributed by atoms with E-state index >= 15 is 0 Å². The van der Waals surface area contributed by atoms with E-state index in [1.807, 2.05) is 6.07 Å². The van der Waals surface area contributed by atoms with Crippen LogP contribution in [0.5, 0.6) is 5.75 Å². The van der Waals surface area contributed by atoms with Crippen molar-refractivity contribution in [2.24, 2.45) is 0 Å². The Hall–Kier alpha value is -2.38. The van der Waals surface area contributed by atoms with Crippen molar-refractivity contribution in [3.63, 3.8) is 0 Å². The number of carbonyl (C=O) groups is 2. The number of aromatic hydroxyl groups is 1. The molecule has 0 unspecified atom stereocenters. The number of amides is 1. The number of nitrogens with zero attached hydrogens (tertiary/aromatic N) is 1. The molecule has 132 valence electrons. The number of hydrogen-bond acceptors (Lipinski definition) is 6. The van der Waals surface area contributed by atoms with Gasteiger partial charge < -0.3 is 15.2 Å². The molecule has 1 aromatic heterocycles. The van der Waals surface area contributed by atoms with Crippen LogP contribution in [0.1, 0.15) is 20.8 Å². The Morgan fingerprint density at radius 1 is 1.24 bits per heavy atom. The van der Waals surface area contributed by atoms with Gasteiger partial charge in [-0.15, -0.1) is 11.3 Å². The summed E-state index contributed by atoms with van der Waals surface area (Å²) in [6.45, 7) is 1.78. The van der Waals surface area contributed by atoms with E-state index in [1.165, 1.54) is 24.0 Å². The van der Waals surface area contributed by atoms with Crippen LogP contribution in [-0.2, 0) is 22.4 Å². The van der Waals surface area contributed by atoms with Gasteiger partial charge in [-0.2, -0.15) is 0 Å². The summed E-state index contributed by atoms with van der Waals surface area (Å²) in [5.41, 5.74) is 2.84. The third kappa shape index (κ3) is 4.18. The maximum atomic E-state index is 12.3. The number of benzene rings is 1. The number of anilines is 1.